The van der Waals surface area contributed by atoms with Crippen LogP contribution in [-0.2, 0) is 4.79 Å². The number of nitrogens with one attached hydrogen (secondary N) is 1. The van der Waals surface area contributed by atoms with Crippen LogP contribution in [0.5, 0.6) is 11.5 Å². The van der Waals surface area contributed by atoms with Crippen LogP contribution in [0.25, 0.3) is 0 Å². The van der Waals surface area contributed by atoms with Crippen molar-refractivity contribution < 1.29 is 14.3 Å². The predicted molar refractivity (Wildman–Crippen MR) is 83.8 cm³/mol. The van der Waals surface area contributed by atoms with E-state index in [1.165, 1.54) is 0 Å². The van der Waals surface area contributed by atoms with Crippen LogP contribution < -0.4 is 14.9 Å². The zero-order valence-electron chi connectivity index (χ0n) is 13.2. The molecule has 0 aromatic heterocycles. The zero-order chi connectivity index (χ0) is 15.7. The summed E-state index contributed by atoms with van der Waals surface area (Å²) in [5, 5.41) is 4.05. The van der Waals surface area contributed by atoms with Gasteiger partial charge in [0.15, 0.2) is 6.61 Å². The summed E-state index contributed by atoms with van der Waals surface area (Å²) in [5.74, 6) is 1.72. The third-order valence-corrected chi connectivity index (χ3v) is 2.88. The van der Waals surface area contributed by atoms with Crippen LogP contribution in [0.15, 0.2) is 29.4 Å². The topological polar surface area (TPSA) is 59.9 Å². The summed E-state index contributed by atoms with van der Waals surface area (Å²) in [6, 6.07) is 7.06. The van der Waals surface area contributed by atoms with Crippen LogP contribution in [0.4, 0.5) is 0 Å². The van der Waals surface area contributed by atoms with E-state index in [2.05, 4.69) is 24.4 Å². The molecule has 0 unspecified atom stereocenters. The molecular formula is C16H24N2O3. The van der Waals surface area contributed by atoms with Crippen LogP contribution in [0, 0.1) is 5.92 Å². The van der Waals surface area contributed by atoms with Gasteiger partial charge in [0, 0.05) is 5.71 Å². The normalized spacial score (nSPS) is 11.4. The summed E-state index contributed by atoms with van der Waals surface area (Å²) < 4.78 is 10.4. The third kappa shape index (κ3) is 7.34. The molecule has 0 aliphatic rings. The Kier molecular flexibility index (Phi) is 7.29. The van der Waals surface area contributed by atoms with E-state index in [1.807, 2.05) is 6.92 Å². The first-order chi connectivity index (χ1) is 10.0. The number of nitrogens with zero attached hydrogens (tertiary/aromatic N) is 1. The Balaban J connectivity index is 2.31. The Morgan fingerprint density at radius 3 is 2.43 bits per heavy atom. The van der Waals surface area contributed by atoms with Gasteiger partial charge < -0.3 is 9.47 Å². The van der Waals surface area contributed by atoms with Crippen molar-refractivity contribution in [3.05, 3.63) is 24.3 Å². The average Bonchev–Trinajstić information content (AvgIpc) is 2.49. The number of carbonyl (C=O) groups is 1. The molecule has 0 saturated carbocycles. The number of carbonyl (C=O) groups excluding carboxylic acids is 1. The van der Waals surface area contributed by atoms with Crippen LogP contribution in [0.2, 0.25) is 0 Å². The second kappa shape index (κ2) is 9.00. The molecule has 1 aromatic rings. The minimum Gasteiger partial charge on any atom is -0.497 e. The molecule has 0 bridgehead atoms. The van der Waals surface area contributed by atoms with Crippen LogP contribution in [0.3, 0.4) is 0 Å². The number of hydrazone groups is 1. The van der Waals surface area contributed by atoms with E-state index in [0.29, 0.717) is 11.7 Å². The van der Waals surface area contributed by atoms with Crippen molar-refractivity contribution >= 4 is 11.6 Å². The molecule has 0 aliphatic carbocycles. The van der Waals surface area contributed by atoms with Gasteiger partial charge in [0.05, 0.1) is 7.11 Å². The molecule has 0 fully saturated rings. The first kappa shape index (κ1) is 17.0. The van der Waals surface area contributed by atoms with Crippen molar-refractivity contribution in [2.75, 3.05) is 13.7 Å². The van der Waals surface area contributed by atoms with Gasteiger partial charge in [-0.1, -0.05) is 13.8 Å². The third-order valence-electron chi connectivity index (χ3n) is 2.88. The standard InChI is InChI=1S/C16H24N2O3/c1-12(2)5-6-13(3)17-18-16(19)11-21-15-9-7-14(20-4)8-10-15/h7-10,12H,5-6,11H2,1-4H3,(H,18,19)/b17-13-. The van der Waals surface area contributed by atoms with Crippen molar-refractivity contribution in [1.29, 1.82) is 0 Å². The Labute approximate surface area is 126 Å². The number of hydrogen-bond donors (Lipinski definition) is 1. The monoisotopic (exact) mass is 292 g/mol. The molecule has 0 saturated heterocycles. The Morgan fingerprint density at radius 1 is 1.24 bits per heavy atom. The number of ether oxygens (including phenoxy) is 2. The number of amides is 1. The highest BCUT2D eigenvalue weighted by Crippen LogP contribution is 2.16. The molecule has 5 heteroatoms. The predicted octanol–water partition coefficient (Wildman–Crippen LogP) is 3.00. The second-order valence-corrected chi connectivity index (χ2v) is 5.28. The van der Waals surface area contributed by atoms with Crippen molar-refractivity contribution in [3.8, 4) is 11.5 Å². The lowest BCUT2D eigenvalue weighted by atomic mass is 10.1. The summed E-state index contributed by atoms with van der Waals surface area (Å²) in [6.45, 7) is 6.17. The smallest absolute Gasteiger partial charge is 0.277 e. The minimum absolute atomic E-state index is 0.0622. The number of benzene rings is 1. The molecule has 1 aromatic carbocycles. The van der Waals surface area contributed by atoms with Crippen molar-refractivity contribution in [3.63, 3.8) is 0 Å². The van der Waals surface area contributed by atoms with E-state index in [0.717, 1.165) is 24.3 Å². The van der Waals surface area contributed by atoms with Gasteiger partial charge in [0.1, 0.15) is 11.5 Å². The molecule has 21 heavy (non-hydrogen) atoms. The summed E-state index contributed by atoms with van der Waals surface area (Å²) in [4.78, 5) is 11.6. The lowest BCUT2D eigenvalue weighted by Gasteiger charge is -2.07. The maximum atomic E-state index is 11.6. The lowest BCUT2D eigenvalue weighted by molar-refractivity contribution is -0.123. The van der Waals surface area contributed by atoms with Crippen LogP contribution in [-0.4, -0.2) is 25.3 Å². The van der Waals surface area contributed by atoms with Gasteiger partial charge in [-0.2, -0.15) is 5.10 Å². The van der Waals surface area contributed by atoms with E-state index >= 15 is 0 Å². The number of methoxy groups -OCH3 is 1. The maximum Gasteiger partial charge on any atom is 0.277 e. The van der Waals surface area contributed by atoms with E-state index in [4.69, 9.17) is 9.47 Å². The van der Waals surface area contributed by atoms with Gasteiger partial charge in [-0.25, -0.2) is 5.43 Å². The Hall–Kier alpha value is -2.04. The van der Waals surface area contributed by atoms with Gasteiger partial charge in [-0.3, -0.25) is 4.79 Å². The molecule has 0 aliphatic heterocycles. The molecule has 1 N–H and O–H groups in total. The van der Waals surface area contributed by atoms with Gasteiger partial charge >= 0.3 is 0 Å². The molecular weight excluding hydrogens is 268 g/mol. The maximum absolute atomic E-state index is 11.6. The molecule has 1 rings (SSSR count). The Morgan fingerprint density at radius 2 is 1.86 bits per heavy atom. The van der Waals surface area contributed by atoms with E-state index < -0.39 is 0 Å². The van der Waals surface area contributed by atoms with Crippen LogP contribution in [0.1, 0.15) is 33.6 Å². The lowest BCUT2D eigenvalue weighted by Crippen LogP contribution is -2.25. The SMILES string of the molecule is COc1ccc(OCC(=O)N/N=C(/C)CCC(C)C)cc1. The van der Waals surface area contributed by atoms with Gasteiger partial charge in [-0.15, -0.1) is 0 Å². The van der Waals surface area contributed by atoms with Gasteiger partial charge in [-0.05, 0) is 49.9 Å². The van der Waals surface area contributed by atoms with Gasteiger partial charge in [0.2, 0.25) is 0 Å². The van der Waals surface area contributed by atoms with Gasteiger partial charge in [0.25, 0.3) is 5.91 Å². The fourth-order valence-electron chi connectivity index (χ4n) is 1.56. The molecule has 116 valence electrons. The Bertz CT molecular complexity index is 467. The summed E-state index contributed by atoms with van der Waals surface area (Å²) in [7, 11) is 1.60. The van der Waals surface area contributed by atoms with Crippen LogP contribution >= 0.6 is 0 Å². The largest absolute Gasteiger partial charge is 0.497 e. The summed E-state index contributed by atoms with van der Waals surface area (Å²) >= 11 is 0. The first-order valence-electron chi connectivity index (χ1n) is 7.10. The highest BCUT2D eigenvalue weighted by atomic mass is 16.5. The fraction of sp³-hybridized carbons (Fsp3) is 0.500. The zero-order valence-corrected chi connectivity index (χ0v) is 13.2. The van der Waals surface area contributed by atoms with E-state index in [1.54, 1.807) is 31.4 Å². The highest BCUT2D eigenvalue weighted by Gasteiger charge is 2.03. The van der Waals surface area contributed by atoms with Crippen molar-refractivity contribution in [1.82, 2.24) is 5.43 Å². The van der Waals surface area contributed by atoms with E-state index in [9.17, 15) is 4.79 Å². The minimum atomic E-state index is -0.269. The summed E-state index contributed by atoms with van der Waals surface area (Å²) in [6.07, 6.45) is 1.95. The highest BCUT2D eigenvalue weighted by molar-refractivity contribution is 5.84. The molecule has 5 nitrogen and oxygen atoms in total. The first-order valence-corrected chi connectivity index (χ1v) is 7.10. The molecule has 0 heterocycles. The van der Waals surface area contributed by atoms with Crippen molar-refractivity contribution in [2.24, 2.45) is 11.0 Å². The second-order valence-electron chi connectivity index (χ2n) is 5.28. The summed E-state index contributed by atoms with van der Waals surface area (Å²) in [5.41, 5.74) is 3.42. The molecule has 0 radical (unpaired) electrons. The quantitative estimate of drug-likeness (QED) is 0.592. The van der Waals surface area contributed by atoms with E-state index in [-0.39, 0.29) is 12.5 Å². The fourth-order valence-corrected chi connectivity index (χ4v) is 1.56. The molecule has 0 spiro atoms. The molecule has 1 amide bonds. The van der Waals surface area contributed by atoms with Crippen molar-refractivity contribution in [2.45, 2.75) is 33.6 Å². The number of hydrogen-bond acceptors (Lipinski definition) is 4. The average molecular weight is 292 g/mol. The number of rotatable bonds is 8. The molecule has 0 atom stereocenters.